The molecule has 4 nitrogen and oxygen atoms in total. The topological polar surface area (TPSA) is 50.4 Å². The van der Waals surface area contributed by atoms with Crippen molar-refractivity contribution < 1.29 is 9.53 Å². The molecular weight excluding hydrogens is 216 g/mol. The van der Waals surface area contributed by atoms with Crippen molar-refractivity contribution in [2.24, 2.45) is 0 Å². The number of nitrogens with one attached hydrogen (secondary N) is 2. The van der Waals surface area contributed by atoms with Crippen molar-refractivity contribution in [1.29, 1.82) is 0 Å². The van der Waals surface area contributed by atoms with Crippen LogP contribution in [0.3, 0.4) is 0 Å². The Kier molecular flexibility index (Phi) is 5.92. The normalized spacial score (nSPS) is 26.5. The Bertz CT molecular complexity index is 232. The molecule has 1 aliphatic heterocycles. The predicted molar refractivity (Wildman–Crippen MR) is 69.0 cm³/mol. The predicted octanol–water partition coefficient (Wildman–Crippen LogP) is 1.45. The van der Waals surface area contributed by atoms with E-state index in [2.05, 4.69) is 17.6 Å². The third kappa shape index (κ3) is 4.28. The number of carbonyl (C=O) groups excluding carboxylic acids is 1. The fourth-order valence-electron chi connectivity index (χ4n) is 2.34. The molecule has 1 aliphatic rings. The quantitative estimate of drug-likeness (QED) is 0.741. The van der Waals surface area contributed by atoms with Gasteiger partial charge in [-0.15, -0.1) is 0 Å². The van der Waals surface area contributed by atoms with Crippen molar-refractivity contribution in [3.05, 3.63) is 0 Å². The summed E-state index contributed by atoms with van der Waals surface area (Å²) in [6.07, 6.45) is 5.23. The summed E-state index contributed by atoms with van der Waals surface area (Å²) in [6, 6.07) is 0.137. The van der Waals surface area contributed by atoms with Crippen LogP contribution in [0.4, 0.5) is 0 Å². The molecule has 0 aromatic rings. The number of rotatable bonds is 6. The minimum atomic E-state index is -0.391. The maximum atomic E-state index is 12.3. The van der Waals surface area contributed by atoms with Gasteiger partial charge in [-0.25, -0.2) is 0 Å². The van der Waals surface area contributed by atoms with Crippen molar-refractivity contribution in [2.45, 2.75) is 57.5 Å². The zero-order valence-electron chi connectivity index (χ0n) is 11.3. The van der Waals surface area contributed by atoms with Crippen LogP contribution < -0.4 is 10.6 Å². The molecule has 1 fully saturated rings. The van der Waals surface area contributed by atoms with Crippen LogP contribution in [0.5, 0.6) is 0 Å². The molecule has 100 valence electrons. The van der Waals surface area contributed by atoms with Gasteiger partial charge in [-0.3, -0.25) is 4.79 Å². The van der Waals surface area contributed by atoms with Crippen molar-refractivity contribution >= 4 is 5.91 Å². The molecule has 0 bridgehead atoms. The molecule has 2 N–H and O–H groups in total. The summed E-state index contributed by atoms with van der Waals surface area (Å²) in [6.45, 7) is 5.65. The van der Waals surface area contributed by atoms with Gasteiger partial charge in [-0.1, -0.05) is 13.3 Å². The van der Waals surface area contributed by atoms with E-state index in [1.807, 2.05) is 6.92 Å². The highest BCUT2D eigenvalue weighted by molar-refractivity contribution is 5.86. The molecule has 1 saturated heterocycles. The highest BCUT2D eigenvalue weighted by Gasteiger charge is 2.34. The van der Waals surface area contributed by atoms with Gasteiger partial charge in [0.2, 0.25) is 5.91 Å². The largest absolute Gasteiger partial charge is 0.383 e. The summed E-state index contributed by atoms with van der Waals surface area (Å²) < 4.78 is 5.14. The third-order valence-electron chi connectivity index (χ3n) is 3.46. The Morgan fingerprint density at radius 3 is 2.82 bits per heavy atom. The van der Waals surface area contributed by atoms with Crippen LogP contribution >= 0.6 is 0 Å². The standard InChI is InChI=1S/C13H26N2O2/c1-4-7-11(10-17-3)15-12(16)13(2)8-5-6-9-14-13/h11,14H,4-10H2,1-3H3,(H,15,16). The number of hydrogen-bond acceptors (Lipinski definition) is 3. The van der Waals surface area contributed by atoms with Crippen LogP contribution in [-0.2, 0) is 9.53 Å². The second-order valence-electron chi connectivity index (χ2n) is 5.13. The van der Waals surface area contributed by atoms with E-state index in [4.69, 9.17) is 4.74 Å². The lowest BCUT2D eigenvalue weighted by Crippen LogP contribution is -2.59. The Morgan fingerprint density at radius 1 is 1.53 bits per heavy atom. The Balaban J connectivity index is 2.49. The molecule has 0 aromatic carbocycles. The third-order valence-corrected chi connectivity index (χ3v) is 3.46. The van der Waals surface area contributed by atoms with Crippen molar-refractivity contribution in [2.75, 3.05) is 20.3 Å². The fraction of sp³-hybridized carbons (Fsp3) is 0.923. The maximum Gasteiger partial charge on any atom is 0.240 e. The van der Waals surface area contributed by atoms with Crippen molar-refractivity contribution in [3.63, 3.8) is 0 Å². The maximum absolute atomic E-state index is 12.3. The molecule has 0 aliphatic carbocycles. The summed E-state index contributed by atoms with van der Waals surface area (Å²) in [4.78, 5) is 12.3. The number of ether oxygens (including phenoxy) is 1. The number of hydrogen-bond donors (Lipinski definition) is 2. The van der Waals surface area contributed by atoms with E-state index in [0.29, 0.717) is 6.61 Å². The van der Waals surface area contributed by atoms with Gasteiger partial charge in [0.25, 0.3) is 0 Å². The Morgan fingerprint density at radius 2 is 2.29 bits per heavy atom. The minimum absolute atomic E-state index is 0.118. The van der Waals surface area contributed by atoms with E-state index in [0.717, 1.165) is 32.2 Å². The Labute approximate surface area is 104 Å². The van der Waals surface area contributed by atoms with Crippen LogP contribution in [-0.4, -0.2) is 37.7 Å². The first-order chi connectivity index (χ1) is 8.12. The highest BCUT2D eigenvalue weighted by atomic mass is 16.5. The van der Waals surface area contributed by atoms with E-state index >= 15 is 0 Å². The van der Waals surface area contributed by atoms with Gasteiger partial charge in [0.15, 0.2) is 0 Å². The minimum Gasteiger partial charge on any atom is -0.383 e. The molecule has 4 heteroatoms. The Hall–Kier alpha value is -0.610. The summed E-state index contributed by atoms with van der Waals surface area (Å²) >= 11 is 0. The van der Waals surface area contributed by atoms with E-state index in [-0.39, 0.29) is 11.9 Å². The monoisotopic (exact) mass is 242 g/mol. The average molecular weight is 242 g/mol. The second kappa shape index (κ2) is 6.97. The smallest absolute Gasteiger partial charge is 0.240 e. The van der Waals surface area contributed by atoms with Crippen molar-refractivity contribution in [1.82, 2.24) is 10.6 Å². The number of piperidine rings is 1. The lowest BCUT2D eigenvalue weighted by molar-refractivity contribution is -0.129. The first-order valence-electron chi connectivity index (χ1n) is 6.67. The molecule has 17 heavy (non-hydrogen) atoms. The molecule has 0 radical (unpaired) electrons. The molecule has 1 rings (SSSR count). The SMILES string of the molecule is CCCC(COC)NC(=O)C1(C)CCCCN1. The molecule has 0 aromatic heterocycles. The number of amides is 1. The summed E-state index contributed by atoms with van der Waals surface area (Å²) in [7, 11) is 1.68. The van der Waals surface area contributed by atoms with E-state index in [1.54, 1.807) is 7.11 Å². The van der Waals surface area contributed by atoms with E-state index in [1.165, 1.54) is 6.42 Å². The molecule has 2 atom stereocenters. The molecule has 0 saturated carbocycles. The lowest BCUT2D eigenvalue weighted by atomic mass is 9.89. The lowest BCUT2D eigenvalue weighted by Gasteiger charge is -2.34. The van der Waals surface area contributed by atoms with Crippen LogP contribution in [0.25, 0.3) is 0 Å². The summed E-state index contributed by atoms with van der Waals surface area (Å²) in [5, 5.41) is 6.43. The van der Waals surface area contributed by atoms with Gasteiger partial charge in [0, 0.05) is 7.11 Å². The first kappa shape index (κ1) is 14.5. The van der Waals surface area contributed by atoms with Gasteiger partial charge in [-0.2, -0.15) is 0 Å². The zero-order chi connectivity index (χ0) is 12.7. The van der Waals surface area contributed by atoms with Crippen LogP contribution in [0.1, 0.15) is 46.0 Å². The first-order valence-corrected chi connectivity index (χ1v) is 6.67. The van der Waals surface area contributed by atoms with E-state index in [9.17, 15) is 4.79 Å². The molecule has 2 unspecified atom stereocenters. The molecule has 0 spiro atoms. The van der Waals surface area contributed by atoms with Gasteiger partial charge >= 0.3 is 0 Å². The van der Waals surface area contributed by atoms with Crippen LogP contribution in [0, 0.1) is 0 Å². The molecular formula is C13H26N2O2. The second-order valence-corrected chi connectivity index (χ2v) is 5.13. The van der Waals surface area contributed by atoms with Gasteiger partial charge in [-0.05, 0) is 39.2 Å². The van der Waals surface area contributed by atoms with Gasteiger partial charge in [0.05, 0.1) is 18.2 Å². The summed E-state index contributed by atoms with van der Waals surface area (Å²) in [5.41, 5.74) is -0.391. The van der Waals surface area contributed by atoms with Gasteiger partial charge < -0.3 is 15.4 Å². The van der Waals surface area contributed by atoms with Gasteiger partial charge in [0.1, 0.15) is 0 Å². The van der Waals surface area contributed by atoms with E-state index < -0.39 is 5.54 Å². The summed E-state index contributed by atoms with van der Waals surface area (Å²) in [5.74, 6) is 0.118. The number of carbonyl (C=O) groups is 1. The zero-order valence-corrected chi connectivity index (χ0v) is 11.3. The molecule has 1 amide bonds. The number of methoxy groups -OCH3 is 1. The fourth-order valence-corrected chi connectivity index (χ4v) is 2.34. The van der Waals surface area contributed by atoms with Crippen molar-refractivity contribution in [3.8, 4) is 0 Å². The average Bonchev–Trinajstić information content (AvgIpc) is 2.30. The van der Waals surface area contributed by atoms with Crippen LogP contribution in [0.15, 0.2) is 0 Å². The van der Waals surface area contributed by atoms with Crippen LogP contribution in [0.2, 0.25) is 0 Å². The highest BCUT2D eigenvalue weighted by Crippen LogP contribution is 2.19. The molecule has 1 heterocycles.